The van der Waals surface area contributed by atoms with E-state index in [2.05, 4.69) is 54.7 Å². The number of carbonyl (C=O) groups excluding carboxylic acids is 1. The van der Waals surface area contributed by atoms with Gasteiger partial charge in [-0.15, -0.1) is 0 Å². The van der Waals surface area contributed by atoms with Crippen molar-refractivity contribution in [2.75, 3.05) is 26.3 Å². The van der Waals surface area contributed by atoms with E-state index >= 15 is 0 Å². The summed E-state index contributed by atoms with van der Waals surface area (Å²) in [7, 11) is 0. The molecule has 1 amide bonds. The molecule has 0 bridgehead atoms. The summed E-state index contributed by atoms with van der Waals surface area (Å²) in [6.45, 7) is 4.63. The maximum atomic E-state index is 13.3. The summed E-state index contributed by atoms with van der Waals surface area (Å²) < 4.78 is 5.42. The van der Waals surface area contributed by atoms with Gasteiger partial charge in [-0.1, -0.05) is 72.8 Å². The minimum atomic E-state index is -0.381. The molecule has 1 fully saturated rings. The molecule has 4 heteroatoms. The fourth-order valence-electron chi connectivity index (χ4n) is 3.89. The van der Waals surface area contributed by atoms with Crippen LogP contribution in [0.2, 0.25) is 0 Å². The Kier molecular flexibility index (Phi) is 5.70. The molecule has 0 aromatic heterocycles. The zero-order chi connectivity index (χ0) is 19.3. The lowest BCUT2D eigenvalue weighted by Gasteiger charge is -2.32. The van der Waals surface area contributed by atoms with Gasteiger partial charge in [0.15, 0.2) is 0 Å². The Hall–Kier alpha value is -2.69. The highest BCUT2D eigenvalue weighted by Gasteiger charge is 2.28. The lowest BCUT2D eigenvalue weighted by Crippen LogP contribution is -2.46. The van der Waals surface area contributed by atoms with E-state index in [1.165, 1.54) is 16.3 Å². The summed E-state index contributed by atoms with van der Waals surface area (Å²) in [5.41, 5.74) is 2.19. The third kappa shape index (κ3) is 3.93. The maximum Gasteiger partial charge on any atom is 0.244 e. The molecular formula is C24H26N2O2. The van der Waals surface area contributed by atoms with Crippen molar-refractivity contribution in [1.82, 2.24) is 10.2 Å². The van der Waals surface area contributed by atoms with Crippen LogP contribution in [0.1, 0.15) is 30.1 Å². The Morgan fingerprint density at radius 2 is 1.61 bits per heavy atom. The first-order valence-electron chi connectivity index (χ1n) is 9.89. The number of rotatable bonds is 5. The van der Waals surface area contributed by atoms with Gasteiger partial charge in [0.25, 0.3) is 0 Å². The number of carbonyl (C=O) groups is 1. The van der Waals surface area contributed by atoms with E-state index in [0.717, 1.165) is 5.56 Å². The van der Waals surface area contributed by atoms with Gasteiger partial charge >= 0.3 is 0 Å². The number of ether oxygens (including phenoxy) is 1. The first kappa shape index (κ1) is 18.7. The number of amides is 1. The van der Waals surface area contributed by atoms with Crippen LogP contribution in [-0.4, -0.2) is 37.1 Å². The van der Waals surface area contributed by atoms with Crippen molar-refractivity contribution < 1.29 is 9.53 Å². The second-order valence-corrected chi connectivity index (χ2v) is 7.24. The van der Waals surface area contributed by atoms with Crippen LogP contribution >= 0.6 is 0 Å². The molecule has 4 rings (SSSR count). The van der Waals surface area contributed by atoms with E-state index in [1.807, 2.05) is 35.2 Å². The average molecular weight is 374 g/mol. The second kappa shape index (κ2) is 8.55. The van der Waals surface area contributed by atoms with Crippen LogP contribution in [0, 0.1) is 0 Å². The normalized spacial score (nSPS) is 16.7. The number of hydrogen-bond donors (Lipinski definition) is 1. The van der Waals surface area contributed by atoms with Crippen molar-refractivity contribution in [3.05, 3.63) is 83.9 Å². The topological polar surface area (TPSA) is 41.6 Å². The fraction of sp³-hybridized carbons (Fsp3) is 0.292. The largest absolute Gasteiger partial charge is 0.378 e. The van der Waals surface area contributed by atoms with Crippen LogP contribution in [0.25, 0.3) is 10.8 Å². The molecule has 1 N–H and O–H groups in total. The molecule has 0 spiro atoms. The van der Waals surface area contributed by atoms with Crippen LogP contribution < -0.4 is 5.32 Å². The number of morpholine rings is 1. The Bertz CT molecular complexity index is 930. The van der Waals surface area contributed by atoms with E-state index < -0.39 is 0 Å². The zero-order valence-corrected chi connectivity index (χ0v) is 16.2. The van der Waals surface area contributed by atoms with Gasteiger partial charge < -0.3 is 9.64 Å². The quantitative estimate of drug-likeness (QED) is 0.731. The summed E-state index contributed by atoms with van der Waals surface area (Å²) >= 11 is 0. The zero-order valence-electron chi connectivity index (χ0n) is 16.2. The van der Waals surface area contributed by atoms with Crippen molar-refractivity contribution in [2.45, 2.75) is 19.0 Å². The monoisotopic (exact) mass is 374 g/mol. The van der Waals surface area contributed by atoms with Crippen molar-refractivity contribution in [3.63, 3.8) is 0 Å². The predicted octanol–water partition coefficient (Wildman–Crippen LogP) is 4.09. The molecular weight excluding hydrogens is 348 g/mol. The molecule has 0 saturated carbocycles. The van der Waals surface area contributed by atoms with Crippen LogP contribution in [0.3, 0.4) is 0 Å². The Morgan fingerprint density at radius 3 is 2.39 bits per heavy atom. The van der Waals surface area contributed by atoms with E-state index in [0.29, 0.717) is 26.3 Å². The van der Waals surface area contributed by atoms with Crippen molar-refractivity contribution in [3.8, 4) is 0 Å². The molecule has 2 atom stereocenters. The summed E-state index contributed by atoms with van der Waals surface area (Å²) in [4.78, 5) is 15.2. The number of benzene rings is 3. The van der Waals surface area contributed by atoms with E-state index in [1.54, 1.807) is 0 Å². The molecule has 1 aliphatic heterocycles. The third-order valence-electron chi connectivity index (χ3n) is 5.41. The first-order valence-corrected chi connectivity index (χ1v) is 9.89. The van der Waals surface area contributed by atoms with Crippen LogP contribution in [0.15, 0.2) is 72.8 Å². The number of fused-ring (bicyclic) bond motifs is 1. The molecule has 1 saturated heterocycles. The molecule has 0 radical (unpaired) electrons. The van der Waals surface area contributed by atoms with Crippen LogP contribution in [0.4, 0.5) is 0 Å². The second-order valence-electron chi connectivity index (χ2n) is 7.24. The van der Waals surface area contributed by atoms with Gasteiger partial charge in [0.1, 0.15) is 6.04 Å². The van der Waals surface area contributed by atoms with Gasteiger partial charge in [-0.25, -0.2) is 0 Å². The van der Waals surface area contributed by atoms with E-state index in [-0.39, 0.29) is 18.0 Å². The average Bonchev–Trinajstić information content (AvgIpc) is 2.77. The standard InChI is InChI=1S/C24H26N2O2/c1-18(21-13-7-11-19-8-5-6-12-22(19)21)25-23(20-9-3-2-4-10-20)24(27)26-14-16-28-17-15-26/h2-13,18,23,25H,14-17H2,1H3/t18-,23+/m1/s1. The minimum Gasteiger partial charge on any atom is -0.378 e. The number of nitrogens with zero attached hydrogens (tertiary/aromatic N) is 1. The van der Waals surface area contributed by atoms with Crippen LogP contribution in [-0.2, 0) is 9.53 Å². The molecule has 1 aliphatic rings. The van der Waals surface area contributed by atoms with Gasteiger partial charge in [0.2, 0.25) is 5.91 Å². The number of nitrogens with one attached hydrogen (secondary N) is 1. The first-order chi connectivity index (χ1) is 13.7. The van der Waals surface area contributed by atoms with Crippen LogP contribution in [0.5, 0.6) is 0 Å². The van der Waals surface area contributed by atoms with E-state index in [4.69, 9.17) is 4.74 Å². The third-order valence-corrected chi connectivity index (χ3v) is 5.41. The Morgan fingerprint density at radius 1 is 0.929 bits per heavy atom. The highest BCUT2D eigenvalue weighted by Crippen LogP contribution is 2.27. The molecule has 3 aromatic carbocycles. The molecule has 3 aromatic rings. The van der Waals surface area contributed by atoms with Gasteiger partial charge in [-0.2, -0.15) is 0 Å². The van der Waals surface area contributed by atoms with Crippen molar-refractivity contribution in [2.24, 2.45) is 0 Å². The highest BCUT2D eigenvalue weighted by molar-refractivity contribution is 5.86. The fourth-order valence-corrected chi connectivity index (χ4v) is 3.89. The van der Waals surface area contributed by atoms with Gasteiger partial charge in [-0.3, -0.25) is 10.1 Å². The van der Waals surface area contributed by atoms with Crippen molar-refractivity contribution in [1.29, 1.82) is 0 Å². The lowest BCUT2D eigenvalue weighted by atomic mass is 9.97. The molecule has 28 heavy (non-hydrogen) atoms. The van der Waals surface area contributed by atoms with Crippen molar-refractivity contribution >= 4 is 16.7 Å². The SMILES string of the molecule is C[C@@H](N[C@H](C(=O)N1CCOCC1)c1ccccc1)c1cccc2ccccc12. The maximum absolute atomic E-state index is 13.3. The number of hydrogen-bond acceptors (Lipinski definition) is 3. The smallest absolute Gasteiger partial charge is 0.244 e. The molecule has 4 nitrogen and oxygen atoms in total. The summed E-state index contributed by atoms with van der Waals surface area (Å²) in [6.07, 6.45) is 0. The lowest BCUT2D eigenvalue weighted by molar-refractivity contribution is -0.138. The predicted molar refractivity (Wildman–Crippen MR) is 112 cm³/mol. The summed E-state index contributed by atoms with van der Waals surface area (Å²) in [5.74, 6) is 0.113. The molecule has 1 heterocycles. The highest BCUT2D eigenvalue weighted by atomic mass is 16.5. The van der Waals surface area contributed by atoms with Gasteiger partial charge in [-0.05, 0) is 28.8 Å². The molecule has 0 aliphatic carbocycles. The summed E-state index contributed by atoms with van der Waals surface area (Å²) in [5, 5.41) is 6.04. The van der Waals surface area contributed by atoms with E-state index in [9.17, 15) is 4.79 Å². The summed E-state index contributed by atoms with van der Waals surface area (Å²) in [6, 6.07) is 24.4. The Balaban J connectivity index is 1.64. The minimum absolute atomic E-state index is 0.0290. The molecule has 144 valence electrons. The van der Waals surface area contributed by atoms with Gasteiger partial charge in [0.05, 0.1) is 13.2 Å². The molecule has 0 unspecified atom stereocenters. The van der Waals surface area contributed by atoms with Gasteiger partial charge in [0, 0.05) is 19.1 Å². The Labute approximate surface area is 166 Å².